The van der Waals surface area contributed by atoms with Crippen LogP contribution in [0.4, 0.5) is 0 Å². The minimum atomic E-state index is 0.480. The van der Waals surface area contributed by atoms with Crippen LogP contribution in [0.5, 0.6) is 0 Å². The molecule has 21 heavy (non-hydrogen) atoms. The Labute approximate surface area is 147 Å². The highest BCUT2D eigenvalue weighted by atomic mass is 79.9. The molecule has 1 heterocycles. The van der Waals surface area contributed by atoms with Gasteiger partial charge >= 0.3 is 0 Å². The van der Waals surface area contributed by atoms with Gasteiger partial charge in [0, 0.05) is 26.4 Å². The van der Waals surface area contributed by atoms with Crippen molar-refractivity contribution in [3.8, 4) is 0 Å². The van der Waals surface area contributed by atoms with Crippen molar-refractivity contribution < 1.29 is 0 Å². The average Bonchev–Trinajstić information content (AvgIpc) is 2.47. The molecule has 2 unspecified atom stereocenters. The molecular weight excluding hydrogens is 413 g/mol. The van der Waals surface area contributed by atoms with Gasteiger partial charge in [-0.15, -0.1) is 0 Å². The predicted molar refractivity (Wildman–Crippen MR) is 96.3 cm³/mol. The smallest absolute Gasteiger partial charge is 0.0417 e. The first-order chi connectivity index (χ1) is 10.1. The second kappa shape index (κ2) is 6.82. The molecular formula is C17H16Br2ClN. The molecule has 2 aromatic carbocycles. The molecule has 1 aliphatic heterocycles. The maximum atomic E-state index is 6.08. The number of rotatable bonds is 2. The van der Waals surface area contributed by atoms with E-state index in [9.17, 15) is 0 Å². The highest BCUT2D eigenvalue weighted by Crippen LogP contribution is 2.41. The van der Waals surface area contributed by atoms with Gasteiger partial charge in [-0.25, -0.2) is 0 Å². The van der Waals surface area contributed by atoms with Gasteiger partial charge in [0.1, 0.15) is 0 Å². The van der Waals surface area contributed by atoms with Crippen molar-refractivity contribution in [1.29, 1.82) is 0 Å². The molecule has 0 aromatic heterocycles. The molecule has 4 heteroatoms. The summed E-state index contributed by atoms with van der Waals surface area (Å²) in [5.41, 5.74) is 2.73. The van der Waals surface area contributed by atoms with Crippen LogP contribution < -0.4 is 5.32 Å². The normalized spacial score (nSPS) is 22.2. The zero-order chi connectivity index (χ0) is 14.8. The van der Waals surface area contributed by atoms with Crippen LogP contribution in [0.2, 0.25) is 5.02 Å². The van der Waals surface area contributed by atoms with E-state index in [0.717, 1.165) is 33.5 Å². The molecule has 1 saturated heterocycles. The Bertz CT molecular complexity index is 644. The lowest BCUT2D eigenvalue weighted by molar-refractivity contribution is 0.403. The van der Waals surface area contributed by atoms with E-state index in [0.29, 0.717) is 11.8 Å². The number of halogens is 3. The number of benzene rings is 2. The Morgan fingerprint density at radius 1 is 1.05 bits per heavy atom. The molecule has 0 saturated carbocycles. The third-order valence-electron chi connectivity index (χ3n) is 4.12. The summed E-state index contributed by atoms with van der Waals surface area (Å²) in [7, 11) is 0. The fourth-order valence-corrected chi connectivity index (χ4v) is 4.51. The van der Waals surface area contributed by atoms with Crippen LogP contribution in [-0.4, -0.2) is 13.1 Å². The monoisotopic (exact) mass is 427 g/mol. The van der Waals surface area contributed by atoms with Crippen molar-refractivity contribution in [1.82, 2.24) is 5.32 Å². The van der Waals surface area contributed by atoms with Gasteiger partial charge in [-0.3, -0.25) is 0 Å². The van der Waals surface area contributed by atoms with E-state index in [-0.39, 0.29) is 0 Å². The van der Waals surface area contributed by atoms with Crippen molar-refractivity contribution in [2.24, 2.45) is 0 Å². The second-order valence-electron chi connectivity index (χ2n) is 5.43. The van der Waals surface area contributed by atoms with E-state index in [1.807, 2.05) is 12.1 Å². The minimum Gasteiger partial charge on any atom is -0.316 e. The first-order valence-corrected chi connectivity index (χ1v) is 9.02. The fraction of sp³-hybridized carbons (Fsp3) is 0.294. The third kappa shape index (κ3) is 3.53. The predicted octanol–water partition coefficient (Wildman–Crippen LogP) is 5.73. The first kappa shape index (κ1) is 15.5. The summed E-state index contributed by atoms with van der Waals surface area (Å²) in [6, 6.07) is 14.8. The largest absolute Gasteiger partial charge is 0.316 e. The lowest BCUT2D eigenvalue weighted by Gasteiger charge is -2.33. The van der Waals surface area contributed by atoms with Crippen LogP contribution in [-0.2, 0) is 0 Å². The highest BCUT2D eigenvalue weighted by molar-refractivity contribution is 9.10. The van der Waals surface area contributed by atoms with Crippen LogP contribution >= 0.6 is 43.5 Å². The van der Waals surface area contributed by atoms with Crippen molar-refractivity contribution >= 4 is 43.5 Å². The van der Waals surface area contributed by atoms with Gasteiger partial charge in [-0.1, -0.05) is 61.7 Å². The zero-order valence-corrected chi connectivity index (χ0v) is 15.4. The van der Waals surface area contributed by atoms with Crippen LogP contribution in [0, 0.1) is 0 Å². The zero-order valence-electron chi connectivity index (χ0n) is 11.5. The van der Waals surface area contributed by atoms with E-state index < -0.39 is 0 Å². The summed E-state index contributed by atoms with van der Waals surface area (Å²) < 4.78 is 2.25. The number of nitrogens with one attached hydrogen (secondary N) is 1. The van der Waals surface area contributed by atoms with Crippen LogP contribution in [0.1, 0.15) is 29.4 Å². The molecule has 0 spiro atoms. The van der Waals surface area contributed by atoms with Gasteiger partial charge < -0.3 is 5.32 Å². The van der Waals surface area contributed by atoms with E-state index in [1.165, 1.54) is 11.1 Å². The topological polar surface area (TPSA) is 12.0 Å². The number of hydrogen-bond donors (Lipinski definition) is 1. The first-order valence-electron chi connectivity index (χ1n) is 7.06. The van der Waals surface area contributed by atoms with Gasteiger partial charge in [0.15, 0.2) is 0 Å². The molecule has 1 nitrogen and oxygen atoms in total. The molecule has 0 bridgehead atoms. The molecule has 1 fully saturated rings. The Morgan fingerprint density at radius 2 is 1.90 bits per heavy atom. The quantitative estimate of drug-likeness (QED) is 0.643. The summed E-state index contributed by atoms with van der Waals surface area (Å²) in [4.78, 5) is 0. The maximum Gasteiger partial charge on any atom is 0.0417 e. The van der Waals surface area contributed by atoms with Crippen molar-refractivity contribution in [2.45, 2.75) is 18.3 Å². The summed E-state index contributed by atoms with van der Waals surface area (Å²) in [5.74, 6) is 0.987. The Kier molecular flexibility index (Phi) is 5.05. The highest BCUT2D eigenvalue weighted by Gasteiger charge is 2.29. The second-order valence-corrected chi connectivity index (χ2v) is 7.63. The molecule has 0 amide bonds. The van der Waals surface area contributed by atoms with Gasteiger partial charge in [0.05, 0.1) is 0 Å². The van der Waals surface area contributed by atoms with E-state index in [1.54, 1.807) is 0 Å². The molecule has 0 aliphatic carbocycles. The van der Waals surface area contributed by atoms with E-state index >= 15 is 0 Å². The van der Waals surface area contributed by atoms with Crippen molar-refractivity contribution in [3.05, 3.63) is 67.6 Å². The summed E-state index contributed by atoms with van der Waals surface area (Å²) >= 11 is 13.3. The average molecular weight is 430 g/mol. The summed E-state index contributed by atoms with van der Waals surface area (Å²) in [6.07, 6.45) is 1.14. The van der Waals surface area contributed by atoms with Gasteiger partial charge in [-0.2, -0.15) is 0 Å². The fourth-order valence-electron chi connectivity index (χ4n) is 3.12. The SMILES string of the molecule is Clc1ccc(C2CCNCC2c2cccc(Br)c2)c(Br)c1. The molecule has 1 aliphatic rings. The Balaban J connectivity index is 1.98. The molecule has 110 valence electrons. The van der Waals surface area contributed by atoms with Gasteiger partial charge in [0.2, 0.25) is 0 Å². The minimum absolute atomic E-state index is 0.480. The standard InChI is InChI=1S/C17H16Br2ClN/c18-12-3-1-2-11(8-12)16-10-21-7-6-14(16)15-5-4-13(20)9-17(15)19/h1-5,8-9,14,16,21H,6-7,10H2. The number of hydrogen-bond acceptors (Lipinski definition) is 1. The van der Waals surface area contributed by atoms with Gasteiger partial charge in [0.25, 0.3) is 0 Å². The number of piperidine rings is 1. The van der Waals surface area contributed by atoms with Crippen molar-refractivity contribution in [2.75, 3.05) is 13.1 Å². The van der Waals surface area contributed by atoms with Gasteiger partial charge in [-0.05, 0) is 54.3 Å². The maximum absolute atomic E-state index is 6.08. The summed E-state index contributed by atoms with van der Waals surface area (Å²) in [5, 5.41) is 4.30. The third-order valence-corrected chi connectivity index (χ3v) is 5.54. The van der Waals surface area contributed by atoms with E-state index in [4.69, 9.17) is 11.6 Å². The Hall–Kier alpha value is -0.350. The molecule has 0 radical (unpaired) electrons. The van der Waals surface area contributed by atoms with Crippen LogP contribution in [0.3, 0.4) is 0 Å². The summed E-state index contributed by atoms with van der Waals surface area (Å²) in [6.45, 7) is 2.07. The van der Waals surface area contributed by atoms with Crippen molar-refractivity contribution in [3.63, 3.8) is 0 Å². The van der Waals surface area contributed by atoms with Crippen LogP contribution in [0.25, 0.3) is 0 Å². The molecule has 2 aromatic rings. The molecule has 3 rings (SSSR count). The Morgan fingerprint density at radius 3 is 2.67 bits per heavy atom. The lowest BCUT2D eigenvalue weighted by atomic mass is 9.77. The van der Waals surface area contributed by atoms with E-state index in [2.05, 4.69) is 67.5 Å². The van der Waals surface area contributed by atoms with Crippen LogP contribution in [0.15, 0.2) is 51.4 Å². The lowest BCUT2D eigenvalue weighted by Crippen LogP contribution is -2.34. The molecule has 2 atom stereocenters. The molecule has 1 N–H and O–H groups in total.